The molecular weight excluding hydrogens is 264 g/mol. The Kier molecular flexibility index (Phi) is 2.71. The molecule has 16 heavy (non-hydrogen) atoms. The first kappa shape index (κ1) is 11.5. The predicted octanol–water partition coefficient (Wildman–Crippen LogP) is 3.94. The number of anilines is 1. The van der Waals surface area contributed by atoms with E-state index in [1.54, 1.807) is 0 Å². The van der Waals surface area contributed by atoms with Crippen LogP contribution >= 0.6 is 15.9 Å². The van der Waals surface area contributed by atoms with Crippen molar-refractivity contribution in [3.05, 3.63) is 28.7 Å². The Bertz CT molecular complexity index is 445. The first-order valence-corrected chi connectivity index (χ1v) is 6.24. The summed E-state index contributed by atoms with van der Waals surface area (Å²) in [5, 5.41) is 12.8. The van der Waals surface area contributed by atoms with Crippen LogP contribution in [0.5, 0.6) is 0 Å². The van der Waals surface area contributed by atoms with Gasteiger partial charge in [0.2, 0.25) is 0 Å². The summed E-state index contributed by atoms with van der Waals surface area (Å²) in [5.74, 6) is 0. The van der Waals surface area contributed by atoms with Crippen molar-refractivity contribution < 1.29 is 0 Å². The van der Waals surface area contributed by atoms with Gasteiger partial charge in [-0.05, 0) is 47.8 Å². The highest BCUT2D eigenvalue weighted by atomic mass is 79.9. The molecule has 1 aliphatic rings. The highest BCUT2D eigenvalue weighted by Crippen LogP contribution is 2.54. The lowest BCUT2D eigenvalue weighted by molar-refractivity contribution is 0.405. The Balaban J connectivity index is 2.27. The molecule has 1 atom stereocenters. The number of rotatable bonds is 3. The molecule has 1 aliphatic carbocycles. The zero-order valence-corrected chi connectivity index (χ0v) is 11.1. The van der Waals surface area contributed by atoms with Crippen molar-refractivity contribution in [2.45, 2.75) is 32.2 Å². The lowest BCUT2D eigenvalue weighted by atomic mass is 9.85. The summed E-state index contributed by atoms with van der Waals surface area (Å²) in [6.07, 6.45) is 2.24. The van der Waals surface area contributed by atoms with Crippen LogP contribution in [0.4, 0.5) is 5.69 Å². The first-order chi connectivity index (χ1) is 7.51. The molecule has 1 saturated carbocycles. The van der Waals surface area contributed by atoms with E-state index in [0.29, 0.717) is 0 Å². The molecule has 0 aromatic heterocycles. The first-order valence-electron chi connectivity index (χ1n) is 5.45. The Morgan fingerprint density at radius 1 is 1.44 bits per heavy atom. The van der Waals surface area contributed by atoms with Crippen LogP contribution in [0.3, 0.4) is 0 Å². The van der Waals surface area contributed by atoms with Crippen LogP contribution < -0.4 is 5.32 Å². The van der Waals surface area contributed by atoms with Gasteiger partial charge in [-0.3, -0.25) is 0 Å². The SMILES string of the molecule is CC1(C(C)(C#N)Nc2ccccc2Br)CC1. The molecule has 0 bridgehead atoms. The largest absolute Gasteiger partial charge is 0.366 e. The fourth-order valence-corrected chi connectivity index (χ4v) is 2.22. The molecule has 1 unspecified atom stereocenters. The van der Waals surface area contributed by atoms with Gasteiger partial charge in [0.15, 0.2) is 0 Å². The van der Waals surface area contributed by atoms with Gasteiger partial charge < -0.3 is 5.32 Å². The topological polar surface area (TPSA) is 35.8 Å². The molecule has 2 nitrogen and oxygen atoms in total. The number of hydrogen-bond acceptors (Lipinski definition) is 2. The van der Waals surface area contributed by atoms with E-state index in [1.165, 1.54) is 0 Å². The fraction of sp³-hybridized carbons (Fsp3) is 0.462. The van der Waals surface area contributed by atoms with E-state index < -0.39 is 5.54 Å². The third-order valence-corrected chi connectivity index (χ3v) is 4.38. The minimum atomic E-state index is -0.489. The summed E-state index contributed by atoms with van der Waals surface area (Å²) in [4.78, 5) is 0. The third kappa shape index (κ3) is 1.82. The normalized spacial score (nSPS) is 20.6. The van der Waals surface area contributed by atoms with E-state index in [-0.39, 0.29) is 5.41 Å². The molecule has 0 spiro atoms. The zero-order chi connectivity index (χ0) is 11.8. The van der Waals surface area contributed by atoms with Gasteiger partial charge in [0.25, 0.3) is 0 Å². The summed E-state index contributed by atoms with van der Waals surface area (Å²) in [7, 11) is 0. The van der Waals surface area contributed by atoms with Gasteiger partial charge in [-0.1, -0.05) is 19.1 Å². The molecule has 1 fully saturated rings. The van der Waals surface area contributed by atoms with Crippen LogP contribution in [0.1, 0.15) is 26.7 Å². The van der Waals surface area contributed by atoms with Crippen molar-refractivity contribution in [2.75, 3.05) is 5.32 Å². The lowest BCUT2D eigenvalue weighted by Gasteiger charge is -2.31. The minimum absolute atomic E-state index is 0.108. The molecule has 1 N–H and O–H groups in total. The quantitative estimate of drug-likeness (QED) is 0.909. The summed E-state index contributed by atoms with van der Waals surface area (Å²) < 4.78 is 1.00. The molecule has 0 amide bonds. The average molecular weight is 279 g/mol. The number of para-hydroxylation sites is 1. The smallest absolute Gasteiger partial charge is 0.127 e. The molecule has 1 aromatic carbocycles. The van der Waals surface area contributed by atoms with Crippen LogP contribution in [-0.4, -0.2) is 5.54 Å². The monoisotopic (exact) mass is 278 g/mol. The van der Waals surface area contributed by atoms with E-state index in [4.69, 9.17) is 0 Å². The second-order valence-corrected chi connectivity index (χ2v) is 5.76. The number of benzene rings is 1. The van der Waals surface area contributed by atoms with E-state index in [9.17, 15) is 5.26 Å². The van der Waals surface area contributed by atoms with E-state index in [0.717, 1.165) is 23.0 Å². The maximum absolute atomic E-state index is 9.39. The van der Waals surface area contributed by atoms with Gasteiger partial charge in [0.1, 0.15) is 5.54 Å². The van der Waals surface area contributed by atoms with Crippen LogP contribution in [0, 0.1) is 16.7 Å². The highest BCUT2D eigenvalue weighted by Gasteiger charge is 2.53. The number of nitriles is 1. The number of nitrogens with zero attached hydrogens (tertiary/aromatic N) is 1. The van der Waals surface area contributed by atoms with Gasteiger partial charge in [0, 0.05) is 15.6 Å². The van der Waals surface area contributed by atoms with Crippen LogP contribution in [0.25, 0.3) is 0 Å². The van der Waals surface area contributed by atoms with Crippen LogP contribution in [-0.2, 0) is 0 Å². The van der Waals surface area contributed by atoms with Crippen molar-refractivity contribution in [1.29, 1.82) is 5.26 Å². The predicted molar refractivity (Wildman–Crippen MR) is 69.1 cm³/mol. The van der Waals surface area contributed by atoms with Gasteiger partial charge in [-0.15, -0.1) is 0 Å². The average Bonchev–Trinajstić information content (AvgIpc) is 3.01. The minimum Gasteiger partial charge on any atom is -0.366 e. The Hall–Kier alpha value is -1.01. The van der Waals surface area contributed by atoms with E-state index >= 15 is 0 Å². The summed E-state index contributed by atoms with van der Waals surface area (Å²) in [6.45, 7) is 4.15. The molecule has 2 rings (SSSR count). The van der Waals surface area contributed by atoms with Crippen molar-refractivity contribution in [3.63, 3.8) is 0 Å². The van der Waals surface area contributed by atoms with Gasteiger partial charge in [-0.2, -0.15) is 5.26 Å². The molecular formula is C13H15BrN2. The fourth-order valence-electron chi connectivity index (χ4n) is 1.83. The van der Waals surface area contributed by atoms with E-state index in [2.05, 4.69) is 34.2 Å². The second-order valence-electron chi connectivity index (χ2n) is 4.90. The molecule has 84 valence electrons. The second kappa shape index (κ2) is 3.78. The standard InChI is InChI=1S/C13H15BrN2/c1-12(7-8-12)13(2,9-15)16-11-6-4-3-5-10(11)14/h3-6,16H,7-8H2,1-2H3. The number of halogens is 1. The summed E-state index contributed by atoms with van der Waals surface area (Å²) in [5.41, 5.74) is 0.605. The molecule has 1 aromatic rings. The van der Waals surface area contributed by atoms with Crippen LogP contribution in [0.2, 0.25) is 0 Å². The highest BCUT2D eigenvalue weighted by molar-refractivity contribution is 9.10. The number of hydrogen-bond donors (Lipinski definition) is 1. The Labute approximate surface area is 105 Å². The Morgan fingerprint density at radius 3 is 2.56 bits per heavy atom. The maximum atomic E-state index is 9.39. The lowest BCUT2D eigenvalue weighted by Crippen LogP contribution is -2.41. The number of nitrogens with one attached hydrogen (secondary N) is 1. The Morgan fingerprint density at radius 2 is 2.06 bits per heavy atom. The van der Waals surface area contributed by atoms with Gasteiger partial charge >= 0.3 is 0 Å². The molecule has 0 saturated heterocycles. The summed E-state index contributed by atoms with van der Waals surface area (Å²) in [6, 6.07) is 10.3. The van der Waals surface area contributed by atoms with Crippen LogP contribution in [0.15, 0.2) is 28.7 Å². The third-order valence-electron chi connectivity index (χ3n) is 3.69. The van der Waals surface area contributed by atoms with Crippen molar-refractivity contribution in [3.8, 4) is 6.07 Å². The molecule has 3 heteroatoms. The maximum Gasteiger partial charge on any atom is 0.127 e. The van der Waals surface area contributed by atoms with Crippen molar-refractivity contribution >= 4 is 21.6 Å². The van der Waals surface area contributed by atoms with Crippen molar-refractivity contribution in [2.24, 2.45) is 5.41 Å². The van der Waals surface area contributed by atoms with Gasteiger partial charge in [-0.25, -0.2) is 0 Å². The summed E-state index contributed by atoms with van der Waals surface area (Å²) >= 11 is 3.49. The van der Waals surface area contributed by atoms with E-state index in [1.807, 2.05) is 31.2 Å². The molecule has 0 heterocycles. The van der Waals surface area contributed by atoms with Crippen molar-refractivity contribution in [1.82, 2.24) is 0 Å². The molecule has 0 radical (unpaired) electrons. The molecule has 0 aliphatic heterocycles. The zero-order valence-electron chi connectivity index (χ0n) is 9.55. The van der Waals surface area contributed by atoms with Gasteiger partial charge in [0.05, 0.1) is 6.07 Å².